The van der Waals surface area contributed by atoms with Crippen molar-refractivity contribution in [3.63, 3.8) is 0 Å². The largest absolute Gasteiger partial charge is 0.487 e. The Morgan fingerprint density at radius 1 is 1.25 bits per heavy atom. The van der Waals surface area contributed by atoms with Gasteiger partial charge in [0.1, 0.15) is 17.1 Å². The molecule has 0 aliphatic carbocycles. The molecule has 0 amide bonds. The second-order valence-corrected chi connectivity index (χ2v) is 5.90. The molecule has 106 valence electrons. The van der Waals surface area contributed by atoms with E-state index in [0.29, 0.717) is 0 Å². The summed E-state index contributed by atoms with van der Waals surface area (Å²) in [7, 11) is 0. The van der Waals surface area contributed by atoms with Gasteiger partial charge in [-0.1, -0.05) is 13.0 Å². The van der Waals surface area contributed by atoms with E-state index in [0.717, 1.165) is 31.0 Å². The second kappa shape index (κ2) is 4.98. The normalized spacial score (nSPS) is 15.9. The number of fused-ring (bicyclic) bond motifs is 1. The highest BCUT2D eigenvalue weighted by molar-refractivity contribution is 5.68. The van der Waals surface area contributed by atoms with Crippen LogP contribution in [0.1, 0.15) is 32.1 Å². The first-order valence-electron chi connectivity index (χ1n) is 7.18. The summed E-state index contributed by atoms with van der Waals surface area (Å²) >= 11 is 0. The van der Waals surface area contributed by atoms with Gasteiger partial charge in [0, 0.05) is 12.0 Å². The van der Waals surface area contributed by atoms with Gasteiger partial charge < -0.3 is 14.5 Å². The fourth-order valence-corrected chi connectivity index (χ4v) is 2.75. The van der Waals surface area contributed by atoms with Crippen LogP contribution in [0.15, 0.2) is 34.9 Å². The summed E-state index contributed by atoms with van der Waals surface area (Å²) in [5.74, 6) is 2.00. The minimum absolute atomic E-state index is 0.0933. The number of furan rings is 1. The topological polar surface area (TPSA) is 34.4 Å². The van der Waals surface area contributed by atoms with E-state index in [1.165, 1.54) is 16.7 Å². The van der Waals surface area contributed by atoms with Gasteiger partial charge in [-0.25, -0.2) is 0 Å². The predicted octanol–water partition coefficient (Wildman–Crippen LogP) is 3.77. The molecule has 2 aromatic rings. The monoisotopic (exact) mass is 271 g/mol. The molecule has 1 aromatic carbocycles. The summed E-state index contributed by atoms with van der Waals surface area (Å²) in [6.45, 7) is 8.05. The summed E-state index contributed by atoms with van der Waals surface area (Å²) in [6.07, 6.45) is 2.71. The maximum atomic E-state index is 5.93. The number of benzene rings is 1. The lowest BCUT2D eigenvalue weighted by atomic mass is 9.98. The van der Waals surface area contributed by atoms with Gasteiger partial charge in [0.05, 0.1) is 12.8 Å². The Hall–Kier alpha value is -1.74. The van der Waals surface area contributed by atoms with Crippen molar-refractivity contribution in [1.82, 2.24) is 5.32 Å². The summed E-state index contributed by atoms with van der Waals surface area (Å²) in [5, 5.41) is 3.31. The number of rotatable bonds is 4. The fraction of sp³-hybridized carbons (Fsp3) is 0.412. The second-order valence-electron chi connectivity index (χ2n) is 5.90. The number of hydrogen-bond donors (Lipinski definition) is 1. The van der Waals surface area contributed by atoms with Crippen LogP contribution in [0.5, 0.6) is 5.75 Å². The minimum Gasteiger partial charge on any atom is -0.487 e. The maximum Gasteiger partial charge on any atom is 0.125 e. The molecule has 0 bridgehead atoms. The molecule has 0 spiro atoms. The third-order valence-corrected chi connectivity index (χ3v) is 3.65. The van der Waals surface area contributed by atoms with E-state index < -0.39 is 0 Å². The maximum absolute atomic E-state index is 5.93. The van der Waals surface area contributed by atoms with Crippen LogP contribution in [0.4, 0.5) is 0 Å². The molecule has 2 heterocycles. The summed E-state index contributed by atoms with van der Waals surface area (Å²) in [6, 6.07) is 8.45. The van der Waals surface area contributed by atoms with E-state index in [1.807, 2.05) is 6.07 Å². The van der Waals surface area contributed by atoms with Crippen molar-refractivity contribution in [1.29, 1.82) is 0 Å². The molecule has 20 heavy (non-hydrogen) atoms. The van der Waals surface area contributed by atoms with Gasteiger partial charge in [0.25, 0.3) is 0 Å². The number of ether oxygens (including phenoxy) is 1. The predicted molar refractivity (Wildman–Crippen MR) is 79.9 cm³/mol. The first kappa shape index (κ1) is 13.3. The van der Waals surface area contributed by atoms with Gasteiger partial charge >= 0.3 is 0 Å². The fourth-order valence-electron chi connectivity index (χ4n) is 2.75. The van der Waals surface area contributed by atoms with Crippen molar-refractivity contribution in [2.75, 3.05) is 6.54 Å². The van der Waals surface area contributed by atoms with Crippen LogP contribution < -0.4 is 10.1 Å². The molecule has 3 rings (SSSR count). The van der Waals surface area contributed by atoms with E-state index in [-0.39, 0.29) is 5.60 Å². The number of hydrogen-bond acceptors (Lipinski definition) is 3. The van der Waals surface area contributed by atoms with Crippen molar-refractivity contribution in [3.05, 3.63) is 41.9 Å². The van der Waals surface area contributed by atoms with Crippen LogP contribution in [-0.4, -0.2) is 12.1 Å². The van der Waals surface area contributed by atoms with E-state index in [1.54, 1.807) is 6.26 Å². The van der Waals surface area contributed by atoms with Gasteiger partial charge in [-0.05, 0) is 49.7 Å². The molecule has 3 heteroatoms. The number of nitrogens with one attached hydrogen (secondary N) is 1. The quantitative estimate of drug-likeness (QED) is 0.919. The van der Waals surface area contributed by atoms with Crippen LogP contribution >= 0.6 is 0 Å². The first-order valence-corrected chi connectivity index (χ1v) is 7.18. The molecular formula is C17H21NO2. The molecule has 1 aliphatic rings. The van der Waals surface area contributed by atoms with Crippen molar-refractivity contribution in [2.45, 2.75) is 39.3 Å². The smallest absolute Gasteiger partial charge is 0.125 e. The Morgan fingerprint density at radius 3 is 2.90 bits per heavy atom. The molecule has 0 saturated carbocycles. The SMILES string of the molecule is CCNCc1occc1-c1ccc2c(c1)CC(C)(C)O2. The van der Waals surface area contributed by atoms with Gasteiger partial charge in [-0.15, -0.1) is 0 Å². The zero-order valence-electron chi connectivity index (χ0n) is 12.3. The highest BCUT2D eigenvalue weighted by Gasteiger charge is 2.30. The Labute approximate surface area is 119 Å². The Bertz CT molecular complexity index is 613. The van der Waals surface area contributed by atoms with E-state index in [2.05, 4.69) is 44.3 Å². The lowest BCUT2D eigenvalue weighted by Crippen LogP contribution is -2.24. The molecular weight excluding hydrogens is 250 g/mol. The lowest BCUT2D eigenvalue weighted by Gasteiger charge is -2.16. The molecule has 0 unspecified atom stereocenters. The van der Waals surface area contributed by atoms with Gasteiger partial charge in [0.15, 0.2) is 0 Å². The Kier molecular flexibility index (Phi) is 3.30. The van der Waals surface area contributed by atoms with E-state index in [9.17, 15) is 0 Å². The zero-order valence-corrected chi connectivity index (χ0v) is 12.3. The average molecular weight is 271 g/mol. The van der Waals surface area contributed by atoms with Gasteiger partial charge in [-0.3, -0.25) is 0 Å². The third-order valence-electron chi connectivity index (χ3n) is 3.65. The van der Waals surface area contributed by atoms with Crippen LogP contribution in [0, 0.1) is 0 Å². The Balaban J connectivity index is 1.91. The molecule has 1 N–H and O–H groups in total. The minimum atomic E-state index is -0.0933. The molecule has 0 atom stereocenters. The van der Waals surface area contributed by atoms with Crippen LogP contribution in [-0.2, 0) is 13.0 Å². The molecule has 0 radical (unpaired) electrons. The van der Waals surface area contributed by atoms with Crippen molar-refractivity contribution in [2.24, 2.45) is 0 Å². The van der Waals surface area contributed by atoms with Gasteiger partial charge in [0.2, 0.25) is 0 Å². The molecule has 0 saturated heterocycles. The van der Waals surface area contributed by atoms with Crippen molar-refractivity contribution >= 4 is 0 Å². The average Bonchev–Trinajstić information content (AvgIpc) is 2.97. The highest BCUT2D eigenvalue weighted by Crippen LogP contribution is 2.38. The standard InChI is InChI=1S/C17H21NO2/c1-4-18-11-16-14(7-8-19-16)12-5-6-15-13(9-12)10-17(2,3)20-15/h5-9,18H,4,10-11H2,1-3H3. The van der Waals surface area contributed by atoms with Crippen LogP contribution in [0.25, 0.3) is 11.1 Å². The third kappa shape index (κ3) is 2.46. The molecule has 3 nitrogen and oxygen atoms in total. The molecule has 1 aromatic heterocycles. The molecule has 1 aliphatic heterocycles. The highest BCUT2D eigenvalue weighted by atomic mass is 16.5. The van der Waals surface area contributed by atoms with E-state index in [4.69, 9.17) is 9.15 Å². The summed E-state index contributed by atoms with van der Waals surface area (Å²) in [4.78, 5) is 0. The van der Waals surface area contributed by atoms with Crippen molar-refractivity contribution < 1.29 is 9.15 Å². The Morgan fingerprint density at radius 2 is 2.10 bits per heavy atom. The summed E-state index contributed by atoms with van der Waals surface area (Å²) < 4.78 is 11.5. The van der Waals surface area contributed by atoms with Crippen LogP contribution in [0.3, 0.4) is 0 Å². The molecule has 0 fully saturated rings. The van der Waals surface area contributed by atoms with Crippen molar-refractivity contribution in [3.8, 4) is 16.9 Å². The summed E-state index contributed by atoms with van der Waals surface area (Å²) in [5.41, 5.74) is 3.55. The van der Waals surface area contributed by atoms with Crippen LogP contribution in [0.2, 0.25) is 0 Å². The van der Waals surface area contributed by atoms with E-state index >= 15 is 0 Å². The lowest BCUT2D eigenvalue weighted by molar-refractivity contribution is 0.138. The zero-order chi connectivity index (χ0) is 14.2. The van der Waals surface area contributed by atoms with Gasteiger partial charge in [-0.2, -0.15) is 0 Å². The first-order chi connectivity index (χ1) is 9.59.